The Morgan fingerprint density at radius 1 is 1.20 bits per heavy atom. The molecule has 104 valence electrons. The minimum absolute atomic E-state index is 0.0348. The third-order valence-corrected chi connectivity index (χ3v) is 3.56. The molecule has 3 heteroatoms. The van der Waals surface area contributed by atoms with Crippen LogP contribution in [0.4, 0.5) is 0 Å². The van der Waals surface area contributed by atoms with Crippen LogP contribution in [0.15, 0.2) is 48.5 Å². The second-order valence-corrected chi connectivity index (χ2v) is 5.24. The maximum atomic E-state index is 12.1. The molecule has 0 saturated heterocycles. The van der Waals surface area contributed by atoms with Crippen molar-refractivity contribution in [3.63, 3.8) is 0 Å². The van der Waals surface area contributed by atoms with Crippen molar-refractivity contribution in [3.05, 3.63) is 70.2 Å². The molecule has 0 saturated carbocycles. The molecule has 0 spiro atoms. The lowest BCUT2D eigenvalue weighted by molar-refractivity contribution is 0.0940. The molecule has 20 heavy (non-hydrogen) atoms. The van der Waals surface area contributed by atoms with Crippen LogP contribution in [0.5, 0.6) is 0 Å². The molecule has 2 rings (SSSR count). The van der Waals surface area contributed by atoms with Gasteiger partial charge >= 0.3 is 0 Å². The summed E-state index contributed by atoms with van der Waals surface area (Å²) in [5.41, 5.74) is 2.97. The van der Waals surface area contributed by atoms with E-state index in [0.29, 0.717) is 10.6 Å². The van der Waals surface area contributed by atoms with E-state index in [1.807, 2.05) is 6.92 Å². The van der Waals surface area contributed by atoms with Crippen molar-refractivity contribution in [3.8, 4) is 0 Å². The number of carbonyl (C=O) groups is 1. The largest absolute Gasteiger partial charge is 0.346 e. The topological polar surface area (TPSA) is 29.1 Å². The first-order valence-electron chi connectivity index (χ1n) is 6.75. The summed E-state index contributed by atoms with van der Waals surface area (Å²) >= 11 is 5.90. The Labute approximate surface area is 124 Å². The summed E-state index contributed by atoms with van der Waals surface area (Å²) in [6.07, 6.45) is 1.02. The Kier molecular flexibility index (Phi) is 4.80. The van der Waals surface area contributed by atoms with Gasteiger partial charge in [-0.15, -0.1) is 0 Å². The van der Waals surface area contributed by atoms with Crippen molar-refractivity contribution in [2.75, 3.05) is 0 Å². The average molecular weight is 288 g/mol. The van der Waals surface area contributed by atoms with Crippen LogP contribution in [0.1, 0.15) is 41.4 Å². The second-order valence-electron chi connectivity index (χ2n) is 4.80. The van der Waals surface area contributed by atoms with Gasteiger partial charge in [-0.05, 0) is 42.7 Å². The second kappa shape index (κ2) is 6.58. The quantitative estimate of drug-likeness (QED) is 0.887. The third-order valence-electron chi connectivity index (χ3n) is 3.32. The molecule has 0 aliphatic rings. The highest BCUT2D eigenvalue weighted by molar-refractivity contribution is 6.30. The number of halogens is 1. The number of amides is 1. The van der Waals surface area contributed by atoms with Gasteiger partial charge in [0, 0.05) is 10.6 Å². The Balaban J connectivity index is 2.06. The third kappa shape index (κ3) is 3.61. The van der Waals surface area contributed by atoms with E-state index in [0.717, 1.165) is 12.0 Å². The minimum atomic E-state index is -0.112. The van der Waals surface area contributed by atoms with Crippen molar-refractivity contribution in [2.24, 2.45) is 0 Å². The number of nitrogens with one attached hydrogen (secondary N) is 1. The fraction of sp³-hybridized carbons (Fsp3) is 0.235. The summed E-state index contributed by atoms with van der Waals surface area (Å²) in [7, 11) is 0. The Bertz CT molecular complexity index is 592. The molecule has 0 aliphatic carbocycles. The summed E-state index contributed by atoms with van der Waals surface area (Å²) in [5, 5.41) is 3.55. The van der Waals surface area contributed by atoms with E-state index < -0.39 is 0 Å². The monoisotopic (exact) mass is 287 g/mol. The maximum absolute atomic E-state index is 12.1. The highest BCUT2D eigenvalue weighted by Gasteiger charge is 2.11. The molecule has 1 atom stereocenters. The van der Waals surface area contributed by atoms with E-state index in [1.165, 1.54) is 5.56 Å². The van der Waals surface area contributed by atoms with E-state index in [1.54, 1.807) is 24.3 Å². The van der Waals surface area contributed by atoms with Gasteiger partial charge in [0.2, 0.25) is 0 Å². The van der Waals surface area contributed by atoms with Crippen LogP contribution >= 0.6 is 11.6 Å². The van der Waals surface area contributed by atoms with Crippen LogP contribution in [0.2, 0.25) is 5.02 Å². The van der Waals surface area contributed by atoms with Crippen LogP contribution in [-0.2, 0) is 6.42 Å². The number of carbonyl (C=O) groups excluding carboxylic acids is 1. The molecule has 1 N–H and O–H groups in total. The zero-order valence-electron chi connectivity index (χ0n) is 11.7. The van der Waals surface area contributed by atoms with Crippen LogP contribution in [0.3, 0.4) is 0 Å². The first-order valence-corrected chi connectivity index (χ1v) is 7.13. The van der Waals surface area contributed by atoms with Crippen molar-refractivity contribution in [2.45, 2.75) is 26.3 Å². The molecule has 1 amide bonds. The lowest BCUT2D eigenvalue weighted by Crippen LogP contribution is -2.26. The van der Waals surface area contributed by atoms with Gasteiger partial charge in [0.15, 0.2) is 0 Å². The van der Waals surface area contributed by atoms with E-state index >= 15 is 0 Å². The molecule has 0 fully saturated rings. The number of benzene rings is 2. The highest BCUT2D eigenvalue weighted by Crippen LogP contribution is 2.16. The predicted octanol–water partition coefficient (Wildman–Crippen LogP) is 4.39. The standard InChI is InChI=1S/C17H18ClNO/c1-3-13-7-9-14(10-8-13)12(2)19-17(20)15-5-4-6-16(18)11-15/h4-12H,3H2,1-2H3,(H,19,20)/t12-/m1/s1. The fourth-order valence-electron chi connectivity index (χ4n) is 2.04. The zero-order valence-corrected chi connectivity index (χ0v) is 12.4. The van der Waals surface area contributed by atoms with Gasteiger partial charge in [-0.25, -0.2) is 0 Å². The Hall–Kier alpha value is -1.80. The molecule has 2 aromatic rings. The summed E-state index contributed by atoms with van der Waals surface area (Å²) < 4.78 is 0. The van der Waals surface area contributed by atoms with Gasteiger partial charge in [-0.2, -0.15) is 0 Å². The van der Waals surface area contributed by atoms with Crippen molar-refractivity contribution in [1.29, 1.82) is 0 Å². The smallest absolute Gasteiger partial charge is 0.251 e. The average Bonchev–Trinajstić information content (AvgIpc) is 2.47. The first-order chi connectivity index (χ1) is 9.60. The summed E-state index contributed by atoms with van der Waals surface area (Å²) in [6, 6.07) is 15.2. The molecule has 0 aliphatic heterocycles. The maximum Gasteiger partial charge on any atom is 0.251 e. The Morgan fingerprint density at radius 3 is 2.50 bits per heavy atom. The van der Waals surface area contributed by atoms with Gasteiger partial charge < -0.3 is 5.32 Å². The van der Waals surface area contributed by atoms with Gasteiger partial charge in [-0.1, -0.05) is 48.9 Å². The lowest BCUT2D eigenvalue weighted by Gasteiger charge is -2.15. The normalized spacial score (nSPS) is 11.9. The summed E-state index contributed by atoms with van der Waals surface area (Å²) in [4.78, 5) is 12.1. The molecule has 0 unspecified atom stereocenters. The van der Waals surface area contributed by atoms with Crippen molar-refractivity contribution >= 4 is 17.5 Å². The van der Waals surface area contributed by atoms with E-state index in [9.17, 15) is 4.79 Å². The number of hydrogen-bond acceptors (Lipinski definition) is 1. The van der Waals surface area contributed by atoms with E-state index in [4.69, 9.17) is 11.6 Å². The van der Waals surface area contributed by atoms with Crippen LogP contribution < -0.4 is 5.32 Å². The molecule has 0 heterocycles. The molecule has 0 bridgehead atoms. The molecular formula is C17H18ClNO. The van der Waals surface area contributed by atoms with Crippen LogP contribution in [-0.4, -0.2) is 5.91 Å². The summed E-state index contributed by atoms with van der Waals surface area (Å²) in [5.74, 6) is -0.112. The molecule has 0 aromatic heterocycles. The van der Waals surface area contributed by atoms with Gasteiger partial charge in [0.25, 0.3) is 5.91 Å². The van der Waals surface area contributed by atoms with Gasteiger partial charge in [0.1, 0.15) is 0 Å². The number of hydrogen-bond donors (Lipinski definition) is 1. The Morgan fingerprint density at radius 2 is 1.90 bits per heavy atom. The van der Waals surface area contributed by atoms with E-state index in [-0.39, 0.29) is 11.9 Å². The lowest BCUT2D eigenvalue weighted by atomic mass is 10.0. The number of aryl methyl sites for hydroxylation is 1. The van der Waals surface area contributed by atoms with Gasteiger partial charge in [0.05, 0.1) is 6.04 Å². The predicted molar refractivity (Wildman–Crippen MR) is 83.2 cm³/mol. The molecule has 2 nitrogen and oxygen atoms in total. The highest BCUT2D eigenvalue weighted by atomic mass is 35.5. The molecular weight excluding hydrogens is 270 g/mol. The van der Waals surface area contributed by atoms with Crippen LogP contribution in [0, 0.1) is 0 Å². The minimum Gasteiger partial charge on any atom is -0.346 e. The SMILES string of the molecule is CCc1ccc([C@@H](C)NC(=O)c2cccc(Cl)c2)cc1. The zero-order chi connectivity index (χ0) is 14.5. The van der Waals surface area contributed by atoms with Crippen molar-refractivity contribution in [1.82, 2.24) is 5.32 Å². The van der Waals surface area contributed by atoms with Crippen molar-refractivity contribution < 1.29 is 4.79 Å². The van der Waals surface area contributed by atoms with Crippen LogP contribution in [0.25, 0.3) is 0 Å². The first kappa shape index (κ1) is 14.6. The summed E-state index contributed by atoms with van der Waals surface area (Å²) in [6.45, 7) is 4.10. The number of rotatable bonds is 4. The molecule has 2 aromatic carbocycles. The van der Waals surface area contributed by atoms with Gasteiger partial charge in [-0.3, -0.25) is 4.79 Å². The fourth-order valence-corrected chi connectivity index (χ4v) is 2.23. The van der Waals surface area contributed by atoms with E-state index in [2.05, 4.69) is 36.5 Å². The molecule has 0 radical (unpaired) electrons.